The van der Waals surface area contributed by atoms with Gasteiger partial charge >= 0.3 is 6.18 Å². The van der Waals surface area contributed by atoms with Crippen molar-refractivity contribution in [3.05, 3.63) is 77.2 Å². The van der Waals surface area contributed by atoms with Crippen LogP contribution >= 0.6 is 0 Å². The van der Waals surface area contributed by atoms with Crippen molar-refractivity contribution in [2.24, 2.45) is 0 Å². The Hall–Kier alpha value is -3.60. The normalized spacial score (nSPS) is 16.2. The molecule has 8 heteroatoms. The molecule has 4 rings (SSSR count). The van der Waals surface area contributed by atoms with Crippen LogP contribution < -0.4 is 5.32 Å². The maximum Gasteiger partial charge on any atom is 0.416 e. The lowest BCUT2D eigenvalue weighted by molar-refractivity contribution is -0.137. The number of halogens is 3. The zero-order valence-corrected chi connectivity index (χ0v) is 14.4. The molecule has 5 nitrogen and oxygen atoms in total. The van der Waals surface area contributed by atoms with Gasteiger partial charge in [0, 0.05) is 18.0 Å². The van der Waals surface area contributed by atoms with Gasteiger partial charge in [-0.1, -0.05) is 18.2 Å². The molecule has 2 heterocycles. The van der Waals surface area contributed by atoms with Crippen LogP contribution in [-0.2, 0) is 11.0 Å². The van der Waals surface area contributed by atoms with E-state index in [-0.39, 0.29) is 23.9 Å². The van der Waals surface area contributed by atoms with Gasteiger partial charge in [-0.2, -0.15) is 18.4 Å². The fraction of sp³-hybridized carbons (Fsp3) is 0.150. The van der Waals surface area contributed by atoms with Crippen LogP contribution in [0.25, 0.3) is 5.69 Å². The van der Waals surface area contributed by atoms with Gasteiger partial charge in [0.05, 0.1) is 22.9 Å². The molecule has 1 N–H and O–H groups in total. The number of nitrogens with zero attached hydrogens (tertiary/aromatic N) is 3. The number of anilines is 1. The maximum atomic E-state index is 13.0. The molecule has 0 fully saturated rings. The highest BCUT2D eigenvalue weighted by Gasteiger charge is 2.33. The van der Waals surface area contributed by atoms with Gasteiger partial charge in [0.1, 0.15) is 12.1 Å². The summed E-state index contributed by atoms with van der Waals surface area (Å²) in [6.07, 6.45) is -2.90. The largest absolute Gasteiger partial charge is 0.416 e. The van der Waals surface area contributed by atoms with E-state index in [2.05, 4.69) is 10.3 Å². The predicted octanol–water partition coefficient (Wildman–Crippen LogP) is 4.24. The zero-order chi connectivity index (χ0) is 19.9. The van der Waals surface area contributed by atoms with Crippen LogP contribution in [0.15, 0.2) is 54.9 Å². The van der Waals surface area contributed by atoms with Gasteiger partial charge in [0.15, 0.2) is 0 Å². The minimum absolute atomic E-state index is 0.165. The Kier molecular flexibility index (Phi) is 4.15. The minimum atomic E-state index is -4.47. The average molecular weight is 382 g/mol. The van der Waals surface area contributed by atoms with Gasteiger partial charge in [-0.3, -0.25) is 9.36 Å². The minimum Gasteiger partial charge on any atom is -0.310 e. The molecule has 0 bridgehead atoms. The highest BCUT2D eigenvalue weighted by atomic mass is 19.4. The van der Waals surface area contributed by atoms with Crippen LogP contribution in [0.5, 0.6) is 0 Å². The second-order valence-electron chi connectivity index (χ2n) is 6.44. The van der Waals surface area contributed by atoms with Gasteiger partial charge < -0.3 is 5.32 Å². The number of carbonyl (C=O) groups excluding carboxylic acids is 1. The molecular formula is C20H13F3N4O. The van der Waals surface area contributed by atoms with Gasteiger partial charge in [-0.05, 0) is 35.9 Å². The Morgan fingerprint density at radius 2 is 1.93 bits per heavy atom. The molecule has 2 aromatic carbocycles. The number of aromatic nitrogens is 2. The number of fused-ring (bicyclic) bond motifs is 1. The standard InChI is InChI=1S/C20H13F3N4O/c21-20(22,23)14-2-1-3-15(8-14)27-11-25-18-16(9-17(28)26-19(18)27)13-6-4-12(10-24)5-7-13/h1-8,11,16H,9H2,(H,26,28)/t16-/m1/s1. The molecule has 0 saturated carbocycles. The number of carbonyl (C=O) groups is 1. The Labute approximate surface area is 158 Å². The fourth-order valence-electron chi connectivity index (χ4n) is 3.30. The summed E-state index contributed by atoms with van der Waals surface area (Å²) in [7, 11) is 0. The smallest absolute Gasteiger partial charge is 0.310 e. The summed E-state index contributed by atoms with van der Waals surface area (Å²) in [6.45, 7) is 0. The van der Waals surface area contributed by atoms with Crippen molar-refractivity contribution < 1.29 is 18.0 Å². The average Bonchev–Trinajstić information content (AvgIpc) is 3.10. The Balaban J connectivity index is 1.78. The maximum absolute atomic E-state index is 13.0. The molecule has 0 unspecified atom stereocenters. The summed E-state index contributed by atoms with van der Waals surface area (Å²) in [4.78, 5) is 16.6. The van der Waals surface area contributed by atoms with Crippen molar-refractivity contribution in [3.63, 3.8) is 0 Å². The van der Waals surface area contributed by atoms with Crippen molar-refractivity contribution in [2.45, 2.75) is 18.5 Å². The summed E-state index contributed by atoms with van der Waals surface area (Å²) in [6, 6.07) is 13.7. The first kappa shape index (κ1) is 17.8. The van der Waals surface area contributed by atoms with Gasteiger partial charge in [-0.15, -0.1) is 0 Å². The van der Waals surface area contributed by atoms with E-state index in [9.17, 15) is 18.0 Å². The van der Waals surface area contributed by atoms with Crippen molar-refractivity contribution in [2.75, 3.05) is 5.32 Å². The van der Waals surface area contributed by atoms with E-state index in [4.69, 9.17) is 5.26 Å². The summed E-state index contributed by atoms with van der Waals surface area (Å²) >= 11 is 0. The highest BCUT2D eigenvalue weighted by Crippen LogP contribution is 2.38. The first-order valence-electron chi connectivity index (χ1n) is 8.41. The van der Waals surface area contributed by atoms with Crippen LogP contribution in [0.3, 0.4) is 0 Å². The van der Waals surface area contributed by atoms with Crippen molar-refractivity contribution in [3.8, 4) is 11.8 Å². The molecule has 1 amide bonds. The Bertz CT molecular complexity index is 1090. The molecule has 0 spiro atoms. The lowest BCUT2D eigenvalue weighted by Crippen LogP contribution is -2.25. The van der Waals surface area contributed by atoms with E-state index >= 15 is 0 Å². The quantitative estimate of drug-likeness (QED) is 0.721. The molecule has 0 aliphatic carbocycles. The van der Waals surface area contributed by atoms with E-state index in [0.717, 1.165) is 17.7 Å². The van der Waals surface area contributed by atoms with E-state index in [1.165, 1.54) is 23.0 Å². The summed E-state index contributed by atoms with van der Waals surface area (Å²) < 4.78 is 40.6. The van der Waals surface area contributed by atoms with E-state index in [0.29, 0.717) is 17.1 Å². The predicted molar refractivity (Wildman–Crippen MR) is 94.8 cm³/mol. The lowest BCUT2D eigenvalue weighted by atomic mass is 9.89. The summed E-state index contributed by atoms with van der Waals surface area (Å²) in [5.41, 5.74) is 1.35. The highest BCUT2D eigenvalue weighted by molar-refractivity contribution is 5.94. The second-order valence-corrected chi connectivity index (χ2v) is 6.44. The van der Waals surface area contributed by atoms with E-state index < -0.39 is 11.7 Å². The van der Waals surface area contributed by atoms with Crippen LogP contribution in [0.1, 0.15) is 34.7 Å². The first-order chi connectivity index (χ1) is 13.4. The number of alkyl halides is 3. The molecule has 1 atom stereocenters. The third kappa shape index (κ3) is 3.11. The van der Waals surface area contributed by atoms with Crippen LogP contribution in [-0.4, -0.2) is 15.5 Å². The number of benzene rings is 2. The number of hydrogen-bond acceptors (Lipinski definition) is 3. The van der Waals surface area contributed by atoms with E-state index in [1.807, 2.05) is 6.07 Å². The number of rotatable bonds is 2. The third-order valence-corrected chi connectivity index (χ3v) is 4.67. The number of nitrogens with one attached hydrogen (secondary N) is 1. The zero-order valence-electron chi connectivity index (χ0n) is 14.4. The second kappa shape index (κ2) is 6.53. The van der Waals surface area contributed by atoms with Crippen LogP contribution in [0.4, 0.5) is 19.0 Å². The lowest BCUT2D eigenvalue weighted by Gasteiger charge is -2.23. The number of hydrogen-bond donors (Lipinski definition) is 1. The molecule has 1 aliphatic heterocycles. The SMILES string of the molecule is N#Cc1ccc([C@H]2CC(=O)Nc3c2ncn3-c2cccc(C(F)(F)F)c2)cc1. The number of nitriles is 1. The Morgan fingerprint density at radius 3 is 2.61 bits per heavy atom. The monoisotopic (exact) mass is 382 g/mol. The molecule has 0 saturated heterocycles. The molecule has 1 aromatic heterocycles. The summed E-state index contributed by atoms with van der Waals surface area (Å²) in [5.74, 6) is -0.246. The van der Waals surface area contributed by atoms with E-state index in [1.54, 1.807) is 24.3 Å². The molecule has 0 radical (unpaired) electrons. The fourth-order valence-corrected chi connectivity index (χ4v) is 3.30. The molecule has 1 aliphatic rings. The molecule has 28 heavy (non-hydrogen) atoms. The Morgan fingerprint density at radius 1 is 1.18 bits per heavy atom. The summed E-state index contributed by atoms with van der Waals surface area (Å²) in [5, 5.41) is 11.7. The molecular weight excluding hydrogens is 369 g/mol. The number of amides is 1. The molecule has 3 aromatic rings. The number of imidazole rings is 1. The van der Waals surface area contributed by atoms with Crippen LogP contribution in [0.2, 0.25) is 0 Å². The van der Waals surface area contributed by atoms with Gasteiger partial charge in [0.2, 0.25) is 5.91 Å². The van der Waals surface area contributed by atoms with Crippen LogP contribution in [0, 0.1) is 11.3 Å². The van der Waals surface area contributed by atoms with Crippen molar-refractivity contribution in [1.82, 2.24) is 9.55 Å². The topological polar surface area (TPSA) is 70.7 Å². The van der Waals surface area contributed by atoms with Gasteiger partial charge in [-0.25, -0.2) is 4.98 Å². The van der Waals surface area contributed by atoms with Crippen molar-refractivity contribution >= 4 is 11.7 Å². The third-order valence-electron chi connectivity index (χ3n) is 4.67. The van der Waals surface area contributed by atoms with Gasteiger partial charge in [0.25, 0.3) is 0 Å². The van der Waals surface area contributed by atoms with Crippen molar-refractivity contribution in [1.29, 1.82) is 5.26 Å². The molecule has 140 valence electrons. The first-order valence-corrected chi connectivity index (χ1v) is 8.41.